The fraction of sp³-hybridized carbons (Fsp3) is 0.471. The molecule has 0 aliphatic carbocycles. The number of carbonyl (C=O) groups excluding carboxylic acids is 1. The van der Waals surface area contributed by atoms with E-state index >= 15 is 0 Å². The minimum Gasteiger partial charge on any atom is -0.492 e. The van der Waals surface area contributed by atoms with Gasteiger partial charge in [0.15, 0.2) is 0 Å². The third-order valence-corrected chi connectivity index (χ3v) is 3.82. The van der Waals surface area contributed by atoms with Crippen molar-refractivity contribution in [2.75, 3.05) is 6.61 Å². The third-order valence-electron chi connectivity index (χ3n) is 3.43. The van der Waals surface area contributed by atoms with Gasteiger partial charge in [-0.3, -0.25) is 4.79 Å². The Labute approximate surface area is 135 Å². The summed E-state index contributed by atoms with van der Waals surface area (Å²) in [4.78, 5) is 12.1. The van der Waals surface area contributed by atoms with Gasteiger partial charge in [0.05, 0.1) is 12.2 Å². The van der Waals surface area contributed by atoms with Crippen molar-refractivity contribution in [2.24, 2.45) is 15.8 Å². The first-order valence-electron chi connectivity index (χ1n) is 7.76. The Morgan fingerprint density at radius 2 is 2.18 bits per heavy atom. The molecule has 0 aromatic heterocycles. The quantitative estimate of drug-likeness (QED) is 0.466. The van der Waals surface area contributed by atoms with Gasteiger partial charge in [0, 0.05) is 0 Å². The number of carbonyl (C=O) groups is 1. The molecule has 1 aromatic rings. The average Bonchev–Trinajstić information content (AvgIpc) is 2.55. The van der Waals surface area contributed by atoms with Gasteiger partial charge in [-0.1, -0.05) is 50.9 Å². The molecule has 0 bridgehead atoms. The van der Waals surface area contributed by atoms with Crippen molar-refractivity contribution in [3.05, 3.63) is 42.1 Å². The first-order chi connectivity index (χ1) is 10.7. The van der Waals surface area contributed by atoms with E-state index in [4.69, 9.17) is 4.74 Å². The minimum atomic E-state index is -0.369. The highest BCUT2D eigenvalue weighted by molar-refractivity contribution is 6.39. The van der Waals surface area contributed by atoms with Crippen LogP contribution in [0.25, 0.3) is 0 Å². The molecule has 5 heteroatoms. The molecule has 2 radical (unpaired) electrons. The van der Waals surface area contributed by atoms with Crippen molar-refractivity contribution in [3.63, 3.8) is 0 Å². The Kier molecular flexibility index (Phi) is 9.06. The number of benzene rings is 1. The molecule has 1 atom stereocenters. The number of amides is 1. The van der Waals surface area contributed by atoms with Crippen molar-refractivity contribution >= 4 is 15.6 Å². The Morgan fingerprint density at radius 1 is 1.41 bits per heavy atom. The van der Waals surface area contributed by atoms with E-state index in [1.165, 1.54) is 12.8 Å². The number of ether oxygens (including phenoxy) is 1. The molecule has 0 saturated carbocycles. The van der Waals surface area contributed by atoms with Crippen LogP contribution < -0.4 is 4.74 Å². The topological polar surface area (TPSA) is 51.0 Å². The average molecular weight is 316 g/mol. The Bertz CT molecular complexity index is 503. The van der Waals surface area contributed by atoms with Crippen LogP contribution in [0, 0.1) is 5.92 Å². The van der Waals surface area contributed by atoms with Gasteiger partial charge >= 0.3 is 0 Å². The summed E-state index contributed by atoms with van der Waals surface area (Å²) in [6.07, 6.45) is 4.63. The van der Waals surface area contributed by atoms with E-state index < -0.39 is 0 Å². The molecule has 0 spiro atoms. The standard InChI is InChI=1S/C17H24N2O2Si/c1-4-7-10-14(5-2)13-21-16-12-9-8-11-15(16)17(20)18-19-22-6-3/h6,8-9,11-12,14H,3-5,7,10,13H2,1-2H3. The largest absolute Gasteiger partial charge is 0.492 e. The maximum absolute atomic E-state index is 12.1. The molecule has 0 heterocycles. The highest BCUT2D eigenvalue weighted by Crippen LogP contribution is 2.21. The molecule has 0 saturated heterocycles. The van der Waals surface area contributed by atoms with Gasteiger partial charge < -0.3 is 4.74 Å². The van der Waals surface area contributed by atoms with Crippen LogP contribution in [0.5, 0.6) is 5.75 Å². The van der Waals surface area contributed by atoms with Gasteiger partial charge in [-0.2, -0.15) is 0 Å². The second kappa shape index (κ2) is 10.9. The van der Waals surface area contributed by atoms with E-state index in [0.29, 0.717) is 23.8 Å². The molecular formula is C17H24N2O2Si. The molecule has 0 aliphatic rings. The van der Waals surface area contributed by atoms with Crippen molar-refractivity contribution in [1.29, 1.82) is 0 Å². The first-order valence-corrected chi connectivity index (χ1v) is 8.78. The zero-order chi connectivity index (χ0) is 16.2. The predicted octanol–water partition coefficient (Wildman–Crippen LogP) is 4.64. The van der Waals surface area contributed by atoms with Crippen LogP contribution >= 0.6 is 0 Å². The SMILES string of the molecule is C=C[Si]N=NC(=O)c1ccccc1OCC(CC)CCCC. The number of hydrogen-bond acceptors (Lipinski definition) is 3. The van der Waals surface area contributed by atoms with Crippen LogP contribution in [0.4, 0.5) is 0 Å². The molecule has 1 amide bonds. The van der Waals surface area contributed by atoms with Gasteiger partial charge in [0.25, 0.3) is 15.6 Å². The van der Waals surface area contributed by atoms with Crippen LogP contribution in [-0.2, 0) is 0 Å². The molecular weight excluding hydrogens is 292 g/mol. The second-order valence-corrected chi connectivity index (χ2v) is 5.93. The lowest BCUT2D eigenvalue weighted by Gasteiger charge is -2.16. The molecule has 1 aromatic carbocycles. The number of unbranched alkanes of at least 4 members (excludes halogenated alkanes) is 1. The predicted molar refractivity (Wildman–Crippen MR) is 90.4 cm³/mol. The van der Waals surface area contributed by atoms with Gasteiger partial charge in [-0.05, 0) is 24.5 Å². The molecule has 118 valence electrons. The van der Waals surface area contributed by atoms with Crippen LogP contribution in [0.1, 0.15) is 49.9 Å². The zero-order valence-corrected chi connectivity index (χ0v) is 14.4. The number of nitrogens with zero attached hydrogens (tertiary/aromatic N) is 2. The lowest BCUT2D eigenvalue weighted by molar-refractivity contribution is 0.0990. The van der Waals surface area contributed by atoms with E-state index in [2.05, 4.69) is 30.3 Å². The molecule has 4 nitrogen and oxygen atoms in total. The van der Waals surface area contributed by atoms with Gasteiger partial charge in [-0.25, -0.2) is 4.78 Å². The Morgan fingerprint density at radius 3 is 2.86 bits per heavy atom. The molecule has 22 heavy (non-hydrogen) atoms. The molecule has 0 aliphatic heterocycles. The summed E-state index contributed by atoms with van der Waals surface area (Å²) in [5, 5.41) is 3.69. The number of rotatable bonds is 10. The van der Waals surface area contributed by atoms with Crippen LogP contribution in [0.15, 0.2) is 46.4 Å². The highest BCUT2D eigenvalue weighted by atomic mass is 28.2. The van der Waals surface area contributed by atoms with Crippen molar-refractivity contribution in [2.45, 2.75) is 39.5 Å². The maximum atomic E-state index is 12.1. The maximum Gasteiger partial charge on any atom is 0.297 e. The van der Waals surface area contributed by atoms with E-state index in [1.54, 1.807) is 17.8 Å². The normalized spacial score (nSPS) is 12.3. The molecule has 1 unspecified atom stereocenters. The van der Waals surface area contributed by atoms with E-state index in [0.717, 1.165) is 12.8 Å². The Balaban J connectivity index is 2.70. The van der Waals surface area contributed by atoms with Crippen LogP contribution in [0.2, 0.25) is 0 Å². The fourth-order valence-corrected chi connectivity index (χ4v) is 2.27. The summed E-state index contributed by atoms with van der Waals surface area (Å²) in [6.45, 7) is 8.55. The fourth-order valence-electron chi connectivity index (χ4n) is 2.04. The number of hydrogen-bond donors (Lipinski definition) is 0. The third kappa shape index (κ3) is 6.35. The molecule has 0 fully saturated rings. The van der Waals surface area contributed by atoms with Crippen LogP contribution in [0.3, 0.4) is 0 Å². The summed E-state index contributed by atoms with van der Waals surface area (Å²) in [5.41, 5.74) is 2.09. The lowest BCUT2D eigenvalue weighted by Crippen LogP contribution is -2.13. The van der Waals surface area contributed by atoms with E-state index in [-0.39, 0.29) is 15.6 Å². The number of para-hydroxylation sites is 1. The zero-order valence-electron chi connectivity index (χ0n) is 13.4. The Hall–Kier alpha value is -1.75. The molecule has 0 N–H and O–H groups in total. The second-order valence-electron chi connectivity index (χ2n) is 5.06. The lowest BCUT2D eigenvalue weighted by atomic mass is 10.0. The van der Waals surface area contributed by atoms with E-state index in [1.807, 2.05) is 12.1 Å². The van der Waals surface area contributed by atoms with Gasteiger partial charge in [0.1, 0.15) is 5.75 Å². The summed E-state index contributed by atoms with van der Waals surface area (Å²) in [5.74, 6) is 0.738. The van der Waals surface area contributed by atoms with Crippen molar-refractivity contribution < 1.29 is 9.53 Å². The summed E-state index contributed by atoms with van der Waals surface area (Å²) in [7, 11) is 0.106. The smallest absolute Gasteiger partial charge is 0.297 e. The summed E-state index contributed by atoms with van der Waals surface area (Å²) in [6, 6.07) is 7.20. The van der Waals surface area contributed by atoms with Gasteiger partial charge in [0.2, 0.25) is 0 Å². The van der Waals surface area contributed by atoms with Crippen LogP contribution in [-0.4, -0.2) is 22.2 Å². The summed E-state index contributed by atoms with van der Waals surface area (Å²) >= 11 is 0. The highest BCUT2D eigenvalue weighted by Gasteiger charge is 2.13. The molecule has 1 rings (SSSR count). The first kappa shape index (κ1) is 18.3. The van der Waals surface area contributed by atoms with E-state index in [9.17, 15) is 4.79 Å². The van der Waals surface area contributed by atoms with Crippen molar-refractivity contribution in [1.82, 2.24) is 0 Å². The van der Waals surface area contributed by atoms with Crippen molar-refractivity contribution in [3.8, 4) is 5.75 Å². The minimum absolute atomic E-state index is 0.106. The summed E-state index contributed by atoms with van der Waals surface area (Å²) < 4.78 is 9.66. The monoisotopic (exact) mass is 316 g/mol. The van der Waals surface area contributed by atoms with Gasteiger partial charge in [-0.15, -0.1) is 11.7 Å².